The molecule has 248 valence electrons. The Kier molecular flexibility index (Phi) is 12.2. The van der Waals surface area contributed by atoms with Gasteiger partial charge in [0, 0.05) is 11.1 Å². The van der Waals surface area contributed by atoms with Gasteiger partial charge in [-0.1, -0.05) is 45.9 Å². The summed E-state index contributed by atoms with van der Waals surface area (Å²) < 4.78 is 35.1. The van der Waals surface area contributed by atoms with Gasteiger partial charge in [-0.25, -0.2) is 4.79 Å². The number of allylic oxidation sites excluding steroid dienone is 1. The minimum atomic E-state index is -1.70. The normalized spacial score (nSPS) is 33.5. The summed E-state index contributed by atoms with van der Waals surface area (Å²) in [4.78, 5) is 25.2. The topological polar surface area (TPSA) is 170 Å². The molecule has 4 N–H and O–H groups in total. The van der Waals surface area contributed by atoms with Crippen LogP contribution in [-0.2, 0) is 33.3 Å². The Morgan fingerprint density at radius 2 is 1.55 bits per heavy atom. The van der Waals surface area contributed by atoms with Crippen LogP contribution in [0.4, 0.5) is 0 Å². The molecular weight excluding hydrogens is 576 g/mol. The highest BCUT2D eigenvalue weighted by molar-refractivity contribution is 5.87. The standard InChI is InChI=1S/C32H48O12/c1-10-15(5)29(37)41-25-18(8)39-31(23(35)22(25)34)44-28-24(36)32(40-19(9)26(28)42-30(38)16(6)11-2)43-27-20(14(3)4)13-12-17(7)21(27)33/h11-15,18-19,22-26,28,31-36H,10H2,1-9H3/b16-11-/t15?,18-,19-,22-,23-,24-,25+,26-,28-,31+,32+/m1/s1. The summed E-state index contributed by atoms with van der Waals surface area (Å²) in [6.07, 6.45) is -11.3. The molecule has 12 heteroatoms. The van der Waals surface area contributed by atoms with E-state index in [0.29, 0.717) is 23.1 Å². The SMILES string of the molecule is C/C=C(/C)C(=O)O[C@H]1[C@H](O[C@@H]2O[C@H](C)[C@H](OC(=O)C(C)CC)[C@H](O)[C@H]2O)[C@@H](O)[C@H](Oc2c(C(C)C)ccc(C)c2O)O[C@@H]1C. The van der Waals surface area contributed by atoms with Crippen molar-refractivity contribution in [2.75, 3.05) is 0 Å². The van der Waals surface area contributed by atoms with E-state index in [0.717, 1.165) is 0 Å². The Hall–Kier alpha value is -2.74. The van der Waals surface area contributed by atoms with Crippen LogP contribution in [0.3, 0.4) is 0 Å². The lowest BCUT2D eigenvalue weighted by Gasteiger charge is -2.46. The van der Waals surface area contributed by atoms with E-state index >= 15 is 0 Å². The Morgan fingerprint density at radius 3 is 2.14 bits per heavy atom. The molecule has 2 saturated heterocycles. The summed E-state index contributed by atoms with van der Waals surface area (Å²) in [6, 6.07) is 3.57. The number of phenols is 1. The third kappa shape index (κ3) is 7.72. The summed E-state index contributed by atoms with van der Waals surface area (Å²) in [6.45, 7) is 15.4. The van der Waals surface area contributed by atoms with Crippen molar-refractivity contribution in [3.63, 3.8) is 0 Å². The predicted octanol–water partition coefficient (Wildman–Crippen LogP) is 3.00. The number of aliphatic hydroxyl groups excluding tert-OH is 3. The second kappa shape index (κ2) is 15.0. The minimum Gasteiger partial charge on any atom is -0.504 e. The van der Waals surface area contributed by atoms with E-state index in [1.54, 1.807) is 53.7 Å². The van der Waals surface area contributed by atoms with Crippen molar-refractivity contribution in [2.24, 2.45) is 5.92 Å². The van der Waals surface area contributed by atoms with E-state index in [-0.39, 0.29) is 17.4 Å². The Labute approximate surface area is 258 Å². The van der Waals surface area contributed by atoms with Gasteiger partial charge < -0.3 is 48.8 Å². The molecule has 2 aliphatic heterocycles. The zero-order valence-electron chi connectivity index (χ0n) is 26.9. The molecule has 12 nitrogen and oxygen atoms in total. The van der Waals surface area contributed by atoms with Crippen LogP contribution in [0.5, 0.6) is 11.5 Å². The molecule has 0 aromatic heterocycles. The quantitative estimate of drug-likeness (QED) is 0.222. The summed E-state index contributed by atoms with van der Waals surface area (Å²) in [5, 5.41) is 44.3. The number of benzene rings is 1. The number of carbonyl (C=O) groups is 2. The molecular formula is C32H48O12. The van der Waals surface area contributed by atoms with Crippen LogP contribution in [0.2, 0.25) is 0 Å². The number of hydrogen-bond acceptors (Lipinski definition) is 12. The molecule has 2 fully saturated rings. The maximum Gasteiger partial charge on any atom is 0.333 e. The molecule has 0 amide bonds. The molecule has 0 saturated carbocycles. The number of ether oxygens (including phenoxy) is 6. The van der Waals surface area contributed by atoms with Crippen LogP contribution in [-0.4, -0.2) is 93.8 Å². The number of hydrogen-bond donors (Lipinski definition) is 4. The summed E-state index contributed by atoms with van der Waals surface area (Å²) in [7, 11) is 0. The van der Waals surface area contributed by atoms with Crippen molar-refractivity contribution in [1.29, 1.82) is 0 Å². The minimum absolute atomic E-state index is 0.0460. The van der Waals surface area contributed by atoms with Crippen LogP contribution in [0.15, 0.2) is 23.8 Å². The number of aliphatic hydroxyl groups is 3. The monoisotopic (exact) mass is 624 g/mol. The molecule has 0 aliphatic carbocycles. The van der Waals surface area contributed by atoms with E-state index in [1.807, 2.05) is 26.8 Å². The lowest BCUT2D eigenvalue weighted by molar-refractivity contribution is -0.347. The molecule has 1 aromatic rings. The highest BCUT2D eigenvalue weighted by Crippen LogP contribution is 2.40. The summed E-state index contributed by atoms with van der Waals surface area (Å²) in [5.74, 6) is -1.68. The zero-order valence-corrected chi connectivity index (χ0v) is 26.9. The first-order chi connectivity index (χ1) is 20.6. The first-order valence-corrected chi connectivity index (χ1v) is 15.2. The van der Waals surface area contributed by atoms with Gasteiger partial charge in [0.2, 0.25) is 6.29 Å². The number of aromatic hydroxyl groups is 1. The highest BCUT2D eigenvalue weighted by atomic mass is 16.7. The molecule has 0 bridgehead atoms. The fourth-order valence-corrected chi connectivity index (χ4v) is 4.97. The van der Waals surface area contributed by atoms with Crippen molar-refractivity contribution in [1.82, 2.24) is 0 Å². The number of aryl methyl sites for hydroxylation is 1. The molecule has 1 aromatic carbocycles. The number of rotatable bonds is 10. The Bertz CT molecular complexity index is 1180. The fourth-order valence-electron chi connectivity index (χ4n) is 4.97. The molecule has 2 heterocycles. The van der Waals surface area contributed by atoms with Gasteiger partial charge in [-0.15, -0.1) is 0 Å². The average Bonchev–Trinajstić information content (AvgIpc) is 2.98. The van der Waals surface area contributed by atoms with E-state index in [1.165, 1.54) is 0 Å². The van der Waals surface area contributed by atoms with E-state index in [4.69, 9.17) is 28.4 Å². The van der Waals surface area contributed by atoms with Gasteiger partial charge in [0.1, 0.15) is 24.4 Å². The third-order valence-corrected chi connectivity index (χ3v) is 8.30. The Morgan fingerprint density at radius 1 is 0.932 bits per heavy atom. The molecule has 0 radical (unpaired) electrons. The summed E-state index contributed by atoms with van der Waals surface area (Å²) in [5.41, 5.74) is 1.53. The number of phenolic OH excluding ortho intramolecular Hbond substituents is 1. The first kappa shape index (κ1) is 35.7. The first-order valence-electron chi connectivity index (χ1n) is 15.2. The van der Waals surface area contributed by atoms with Gasteiger partial charge in [-0.2, -0.15) is 0 Å². The lowest BCUT2D eigenvalue weighted by atomic mass is 9.96. The maximum atomic E-state index is 12.8. The van der Waals surface area contributed by atoms with Gasteiger partial charge in [-0.3, -0.25) is 4.79 Å². The molecule has 0 spiro atoms. The van der Waals surface area contributed by atoms with Crippen molar-refractivity contribution >= 4 is 11.9 Å². The molecule has 1 unspecified atom stereocenters. The second-order valence-electron chi connectivity index (χ2n) is 12.0. The van der Waals surface area contributed by atoms with Crippen LogP contribution in [0.25, 0.3) is 0 Å². The lowest BCUT2D eigenvalue weighted by Crippen LogP contribution is -2.65. The molecule has 44 heavy (non-hydrogen) atoms. The number of carbonyl (C=O) groups excluding carboxylic acids is 2. The van der Waals surface area contributed by atoms with Gasteiger partial charge >= 0.3 is 11.9 Å². The van der Waals surface area contributed by atoms with Crippen molar-refractivity contribution in [2.45, 2.75) is 136 Å². The smallest absolute Gasteiger partial charge is 0.333 e. The van der Waals surface area contributed by atoms with Crippen LogP contribution >= 0.6 is 0 Å². The average molecular weight is 625 g/mol. The van der Waals surface area contributed by atoms with Crippen LogP contribution in [0.1, 0.15) is 78.9 Å². The van der Waals surface area contributed by atoms with Crippen molar-refractivity contribution in [3.8, 4) is 11.5 Å². The maximum absolute atomic E-state index is 12.8. The van der Waals surface area contributed by atoms with Crippen LogP contribution < -0.4 is 4.74 Å². The van der Waals surface area contributed by atoms with Gasteiger partial charge in [0.25, 0.3) is 0 Å². The van der Waals surface area contributed by atoms with Gasteiger partial charge in [0.05, 0.1) is 18.1 Å². The highest BCUT2D eigenvalue weighted by Gasteiger charge is 2.53. The predicted molar refractivity (Wildman–Crippen MR) is 158 cm³/mol. The summed E-state index contributed by atoms with van der Waals surface area (Å²) >= 11 is 0. The fraction of sp³-hybridized carbons (Fsp3) is 0.688. The molecule has 2 aliphatic rings. The van der Waals surface area contributed by atoms with E-state index < -0.39 is 79.3 Å². The van der Waals surface area contributed by atoms with Gasteiger partial charge in [-0.05, 0) is 52.5 Å². The van der Waals surface area contributed by atoms with Gasteiger partial charge in [0.15, 0.2) is 30.0 Å². The third-order valence-electron chi connectivity index (χ3n) is 8.30. The van der Waals surface area contributed by atoms with Crippen molar-refractivity contribution < 1.29 is 58.4 Å². The number of esters is 2. The molecule has 11 atom stereocenters. The Balaban J connectivity index is 1.92. The van der Waals surface area contributed by atoms with E-state index in [2.05, 4.69) is 0 Å². The second-order valence-corrected chi connectivity index (χ2v) is 12.0. The largest absolute Gasteiger partial charge is 0.504 e. The van der Waals surface area contributed by atoms with Crippen molar-refractivity contribution in [3.05, 3.63) is 34.9 Å². The van der Waals surface area contributed by atoms with E-state index in [9.17, 15) is 30.0 Å². The zero-order chi connectivity index (χ0) is 33.0. The van der Waals surface area contributed by atoms with Crippen LogP contribution in [0, 0.1) is 12.8 Å². The molecule has 3 rings (SSSR count).